The van der Waals surface area contributed by atoms with Crippen LogP contribution in [-0.2, 0) is 11.2 Å². The van der Waals surface area contributed by atoms with Crippen molar-refractivity contribution in [1.29, 1.82) is 0 Å². The van der Waals surface area contributed by atoms with E-state index in [4.69, 9.17) is 17.3 Å². The number of hydrogen-bond acceptors (Lipinski definition) is 2. The third-order valence-electron chi connectivity index (χ3n) is 3.68. The van der Waals surface area contributed by atoms with Crippen LogP contribution in [0, 0.1) is 11.2 Å². The summed E-state index contributed by atoms with van der Waals surface area (Å²) in [6.45, 7) is 4.24. The number of carbonyl (C=O) groups excluding carboxylic acids is 1. The second-order valence-electron chi connectivity index (χ2n) is 4.54. The van der Waals surface area contributed by atoms with Gasteiger partial charge in [-0.1, -0.05) is 31.5 Å². The average molecular weight is 272 g/mol. The zero-order chi connectivity index (χ0) is 13.8. The van der Waals surface area contributed by atoms with Crippen molar-refractivity contribution in [2.75, 3.05) is 6.54 Å². The zero-order valence-corrected chi connectivity index (χ0v) is 11.6. The molecule has 0 atom stereocenters. The zero-order valence-electron chi connectivity index (χ0n) is 10.8. The molecule has 0 unspecified atom stereocenters. The molecular formula is C14H19ClFNO. The van der Waals surface area contributed by atoms with Crippen molar-refractivity contribution in [1.82, 2.24) is 0 Å². The fourth-order valence-corrected chi connectivity index (χ4v) is 2.19. The molecule has 0 aromatic heterocycles. The lowest BCUT2D eigenvalue weighted by atomic mass is 9.76. The maximum atomic E-state index is 13.3. The monoisotopic (exact) mass is 271 g/mol. The molecule has 0 aliphatic rings. The highest BCUT2D eigenvalue weighted by atomic mass is 35.5. The van der Waals surface area contributed by atoms with Gasteiger partial charge in [0, 0.05) is 18.4 Å². The summed E-state index contributed by atoms with van der Waals surface area (Å²) in [5, 5.41) is 0.0715. The topological polar surface area (TPSA) is 43.1 Å². The summed E-state index contributed by atoms with van der Waals surface area (Å²) in [5.74, 6) is -0.426. The molecule has 4 heteroatoms. The van der Waals surface area contributed by atoms with Crippen LogP contribution in [0.1, 0.15) is 32.3 Å². The second kappa shape index (κ2) is 6.30. The maximum Gasteiger partial charge on any atom is 0.144 e. The van der Waals surface area contributed by atoms with Crippen molar-refractivity contribution in [3.63, 3.8) is 0 Å². The number of halogens is 2. The van der Waals surface area contributed by atoms with Gasteiger partial charge in [-0.2, -0.15) is 0 Å². The van der Waals surface area contributed by atoms with Crippen molar-refractivity contribution in [3.05, 3.63) is 34.6 Å². The van der Waals surface area contributed by atoms with Crippen molar-refractivity contribution >= 4 is 17.4 Å². The summed E-state index contributed by atoms with van der Waals surface area (Å²) in [4.78, 5) is 12.3. The Morgan fingerprint density at radius 2 is 2.00 bits per heavy atom. The minimum atomic E-state index is -0.492. The van der Waals surface area contributed by atoms with Gasteiger partial charge < -0.3 is 5.73 Å². The van der Waals surface area contributed by atoms with Gasteiger partial charge in [-0.15, -0.1) is 0 Å². The molecule has 0 saturated carbocycles. The molecular weight excluding hydrogens is 253 g/mol. The third kappa shape index (κ3) is 3.09. The van der Waals surface area contributed by atoms with Crippen LogP contribution in [0.25, 0.3) is 0 Å². The molecule has 0 spiro atoms. The second-order valence-corrected chi connectivity index (χ2v) is 4.95. The average Bonchev–Trinajstić information content (AvgIpc) is 2.37. The number of carbonyl (C=O) groups is 1. The largest absolute Gasteiger partial charge is 0.329 e. The van der Waals surface area contributed by atoms with Gasteiger partial charge >= 0.3 is 0 Å². The fourth-order valence-electron chi connectivity index (χ4n) is 2.07. The SMILES string of the molecule is CCC(CC)(CN)C(=O)Cc1ccc(Cl)c(F)c1. The van der Waals surface area contributed by atoms with Gasteiger partial charge in [0.15, 0.2) is 0 Å². The van der Waals surface area contributed by atoms with Crippen LogP contribution in [0.5, 0.6) is 0 Å². The van der Waals surface area contributed by atoms with Crippen LogP contribution in [0.3, 0.4) is 0 Å². The Balaban J connectivity index is 2.89. The lowest BCUT2D eigenvalue weighted by molar-refractivity contribution is -0.128. The van der Waals surface area contributed by atoms with E-state index in [-0.39, 0.29) is 17.2 Å². The predicted molar refractivity (Wildman–Crippen MR) is 72.2 cm³/mol. The van der Waals surface area contributed by atoms with Crippen LogP contribution in [0.15, 0.2) is 18.2 Å². The summed E-state index contributed by atoms with van der Waals surface area (Å²) in [6.07, 6.45) is 1.61. The van der Waals surface area contributed by atoms with E-state index in [0.717, 1.165) is 0 Å². The molecule has 0 radical (unpaired) electrons. The minimum absolute atomic E-state index is 0.0664. The summed E-state index contributed by atoms with van der Waals surface area (Å²) >= 11 is 5.61. The molecule has 18 heavy (non-hydrogen) atoms. The summed E-state index contributed by atoms with van der Waals surface area (Å²) in [6, 6.07) is 4.46. The van der Waals surface area contributed by atoms with Crippen LogP contribution in [0.2, 0.25) is 5.02 Å². The van der Waals surface area contributed by atoms with Crippen molar-refractivity contribution in [3.8, 4) is 0 Å². The lowest BCUT2D eigenvalue weighted by Gasteiger charge is -2.28. The Kier molecular flexibility index (Phi) is 5.29. The van der Waals surface area contributed by atoms with E-state index in [1.165, 1.54) is 12.1 Å². The molecule has 0 aliphatic carbocycles. The first kappa shape index (κ1) is 15.1. The van der Waals surface area contributed by atoms with E-state index in [1.54, 1.807) is 6.07 Å². The number of hydrogen-bond donors (Lipinski definition) is 1. The lowest BCUT2D eigenvalue weighted by Crippen LogP contribution is -2.38. The van der Waals surface area contributed by atoms with Crippen LogP contribution in [-0.4, -0.2) is 12.3 Å². The number of ketones is 1. The molecule has 0 amide bonds. The molecule has 0 aliphatic heterocycles. The van der Waals surface area contributed by atoms with Crippen LogP contribution < -0.4 is 5.73 Å². The van der Waals surface area contributed by atoms with Crippen molar-refractivity contribution in [2.45, 2.75) is 33.1 Å². The Labute approximate surface area is 112 Å². The fraction of sp³-hybridized carbons (Fsp3) is 0.500. The van der Waals surface area contributed by atoms with Gasteiger partial charge in [-0.3, -0.25) is 4.79 Å². The Morgan fingerprint density at radius 3 is 2.44 bits per heavy atom. The van der Waals surface area contributed by atoms with Gasteiger partial charge in [0.1, 0.15) is 11.6 Å². The normalized spacial score (nSPS) is 11.6. The van der Waals surface area contributed by atoms with Gasteiger partial charge in [0.25, 0.3) is 0 Å². The van der Waals surface area contributed by atoms with Crippen molar-refractivity contribution < 1.29 is 9.18 Å². The molecule has 1 rings (SSSR count). The molecule has 1 aromatic carbocycles. The molecule has 2 nitrogen and oxygen atoms in total. The van der Waals surface area contributed by atoms with Crippen LogP contribution in [0.4, 0.5) is 4.39 Å². The first-order valence-corrected chi connectivity index (χ1v) is 6.54. The highest BCUT2D eigenvalue weighted by Gasteiger charge is 2.32. The quantitative estimate of drug-likeness (QED) is 0.862. The number of rotatable bonds is 6. The van der Waals surface area contributed by atoms with Gasteiger partial charge in [0.05, 0.1) is 5.02 Å². The number of benzene rings is 1. The van der Waals surface area contributed by atoms with E-state index in [1.807, 2.05) is 13.8 Å². The molecule has 100 valence electrons. The smallest absolute Gasteiger partial charge is 0.144 e. The summed E-state index contributed by atoms with van der Waals surface area (Å²) in [7, 11) is 0. The summed E-state index contributed by atoms with van der Waals surface area (Å²) < 4.78 is 13.3. The van der Waals surface area contributed by atoms with E-state index >= 15 is 0 Å². The molecule has 0 fully saturated rings. The van der Waals surface area contributed by atoms with Gasteiger partial charge in [0.2, 0.25) is 0 Å². The third-order valence-corrected chi connectivity index (χ3v) is 3.99. The number of nitrogens with two attached hydrogens (primary N) is 1. The standard InChI is InChI=1S/C14H19ClFNO/c1-3-14(4-2,9-17)13(18)8-10-5-6-11(15)12(16)7-10/h5-7H,3-4,8-9,17H2,1-2H3. The van der Waals surface area contributed by atoms with Gasteiger partial charge in [-0.25, -0.2) is 4.39 Å². The van der Waals surface area contributed by atoms with E-state index in [2.05, 4.69) is 0 Å². The highest BCUT2D eigenvalue weighted by molar-refractivity contribution is 6.30. The predicted octanol–water partition coefficient (Wildman–Crippen LogP) is 3.36. The highest BCUT2D eigenvalue weighted by Crippen LogP contribution is 2.28. The Morgan fingerprint density at radius 1 is 1.39 bits per heavy atom. The maximum absolute atomic E-state index is 13.3. The molecule has 0 heterocycles. The van der Waals surface area contributed by atoms with Crippen molar-refractivity contribution in [2.24, 2.45) is 11.1 Å². The first-order valence-electron chi connectivity index (χ1n) is 6.16. The molecule has 2 N–H and O–H groups in total. The minimum Gasteiger partial charge on any atom is -0.329 e. The first-order chi connectivity index (χ1) is 8.49. The molecule has 1 aromatic rings. The Hall–Kier alpha value is -0.930. The van der Waals surface area contributed by atoms with Gasteiger partial charge in [-0.05, 0) is 30.5 Å². The molecule has 0 bridgehead atoms. The summed E-state index contributed by atoms with van der Waals surface area (Å²) in [5.41, 5.74) is 5.87. The Bertz CT molecular complexity index is 422. The van der Waals surface area contributed by atoms with Crippen LogP contribution >= 0.6 is 11.6 Å². The van der Waals surface area contributed by atoms with E-state index in [9.17, 15) is 9.18 Å². The van der Waals surface area contributed by atoms with E-state index < -0.39 is 11.2 Å². The molecule has 0 saturated heterocycles. The van der Waals surface area contributed by atoms with E-state index in [0.29, 0.717) is 24.9 Å². The number of Topliss-reactive ketones (excluding diaryl/α,β-unsaturated/α-hetero) is 1.